The van der Waals surface area contributed by atoms with E-state index in [-0.39, 0.29) is 24.2 Å². The highest BCUT2D eigenvalue weighted by atomic mass is 32.1. The van der Waals surface area contributed by atoms with E-state index < -0.39 is 0 Å². The van der Waals surface area contributed by atoms with Crippen molar-refractivity contribution >= 4 is 17.2 Å². The Morgan fingerprint density at radius 2 is 2.33 bits per heavy atom. The number of carbonyl (C=O) groups excluding carboxylic acids is 1. The maximum atomic E-state index is 12.6. The number of morpholine rings is 1. The second-order valence-corrected chi connectivity index (χ2v) is 7.13. The number of hydrogen-bond donors (Lipinski definition) is 1. The van der Waals surface area contributed by atoms with Gasteiger partial charge in [-0.05, 0) is 48.1 Å². The van der Waals surface area contributed by atoms with E-state index in [1.807, 2.05) is 11.8 Å². The first-order chi connectivity index (χ1) is 10.1. The molecule has 2 fully saturated rings. The summed E-state index contributed by atoms with van der Waals surface area (Å²) >= 11 is 1.67. The van der Waals surface area contributed by atoms with Crippen molar-refractivity contribution in [3.8, 4) is 0 Å². The van der Waals surface area contributed by atoms with E-state index in [1.54, 1.807) is 11.3 Å². The molecule has 2 aliphatic rings. The minimum Gasteiger partial charge on any atom is -0.367 e. The summed E-state index contributed by atoms with van der Waals surface area (Å²) < 4.78 is 5.99. The largest absolute Gasteiger partial charge is 0.367 e. The molecule has 1 saturated heterocycles. The second-order valence-electron chi connectivity index (χ2n) is 6.35. The summed E-state index contributed by atoms with van der Waals surface area (Å²) in [5.74, 6) is 0.614. The summed E-state index contributed by atoms with van der Waals surface area (Å²) in [6.07, 6.45) is 4.03. The van der Waals surface area contributed by atoms with Gasteiger partial charge in [0.1, 0.15) is 6.10 Å². The molecule has 5 heteroatoms. The molecule has 0 spiro atoms. The van der Waals surface area contributed by atoms with Crippen LogP contribution in [0.3, 0.4) is 0 Å². The number of thiophene rings is 1. The van der Waals surface area contributed by atoms with Crippen LogP contribution in [0.15, 0.2) is 16.8 Å². The molecule has 1 aliphatic carbocycles. The number of ether oxygens (including phenoxy) is 1. The second kappa shape index (κ2) is 6.46. The molecule has 3 rings (SSSR count). The first-order valence-electron chi connectivity index (χ1n) is 7.84. The van der Waals surface area contributed by atoms with Gasteiger partial charge in [0.05, 0.1) is 12.6 Å². The van der Waals surface area contributed by atoms with Crippen LogP contribution in [0.4, 0.5) is 0 Å². The van der Waals surface area contributed by atoms with E-state index in [4.69, 9.17) is 10.5 Å². The number of hydrogen-bond acceptors (Lipinski definition) is 4. The summed E-state index contributed by atoms with van der Waals surface area (Å²) in [4.78, 5) is 14.6. The molecule has 1 aromatic heterocycles. The van der Waals surface area contributed by atoms with Gasteiger partial charge in [0.15, 0.2) is 0 Å². The molecular weight excluding hydrogens is 284 g/mol. The quantitative estimate of drug-likeness (QED) is 0.933. The Morgan fingerprint density at radius 1 is 1.48 bits per heavy atom. The Bertz CT molecular complexity index is 477. The van der Waals surface area contributed by atoms with E-state index in [0.717, 1.165) is 19.3 Å². The maximum Gasteiger partial charge on any atom is 0.223 e. The first kappa shape index (κ1) is 15.0. The highest BCUT2D eigenvalue weighted by Gasteiger charge is 2.32. The van der Waals surface area contributed by atoms with Crippen LogP contribution in [-0.4, -0.2) is 36.0 Å². The van der Waals surface area contributed by atoms with Gasteiger partial charge in [-0.2, -0.15) is 11.3 Å². The van der Waals surface area contributed by atoms with Gasteiger partial charge in [-0.3, -0.25) is 4.79 Å². The van der Waals surface area contributed by atoms with Gasteiger partial charge in [-0.15, -0.1) is 0 Å². The molecule has 1 amide bonds. The molecule has 0 aromatic carbocycles. The van der Waals surface area contributed by atoms with E-state index in [1.165, 1.54) is 5.56 Å². The Hall–Kier alpha value is -0.910. The summed E-state index contributed by atoms with van der Waals surface area (Å²) in [6, 6.07) is 2.29. The van der Waals surface area contributed by atoms with Gasteiger partial charge in [0.2, 0.25) is 5.91 Å². The number of amides is 1. The van der Waals surface area contributed by atoms with Crippen LogP contribution in [0.5, 0.6) is 0 Å². The summed E-state index contributed by atoms with van der Waals surface area (Å²) in [5, 5.41) is 4.17. The lowest BCUT2D eigenvalue weighted by molar-refractivity contribution is -0.145. The lowest BCUT2D eigenvalue weighted by atomic mass is 9.99. The Morgan fingerprint density at radius 3 is 3.00 bits per heavy atom. The zero-order valence-electron chi connectivity index (χ0n) is 12.5. The van der Waals surface area contributed by atoms with Crippen LogP contribution in [0.2, 0.25) is 0 Å². The van der Waals surface area contributed by atoms with E-state index in [0.29, 0.717) is 25.4 Å². The third-order valence-electron chi connectivity index (χ3n) is 4.68. The maximum absolute atomic E-state index is 12.6. The van der Waals surface area contributed by atoms with Crippen molar-refractivity contribution in [2.24, 2.45) is 11.7 Å². The molecule has 2 N–H and O–H groups in total. The highest BCUT2D eigenvalue weighted by Crippen LogP contribution is 2.30. The molecule has 0 bridgehead atoms. The average molecular weight is 308 g/mol. The molecule has 116 valence electrons. The summed E-state index contributed by atoms with van der Waals surface area (Å²) in [5.41, 5.74) is 7.28. The molecular formula is C16H24N2O2S. The fourth-order valence-corrected chi connectivity index (χ4v) is 4.17. The zero-order chi connectivity index (χ0) is 14.8. The number of carbonyl (C=O) groups is 1. The third-order valence-corrected chi connectivity index (χ3v) is 5.38. The van der Waals surface area contributed by atoms with Gasteiger partial charge < -0.3 is 15.4 Å². The minimum absolute atomic E-state index is 0.0150. The van der Waals surface area contributed by atoms with Crippen LogP contribution in [0.25, 0.3) is 0 Å². The van der Waals surface area contributed by atoms with E-state index in [9.17, 15) is 4.79 Å². The highest BCUT2D eigenvalue weighted by molar-refractivity contribution is 7.07. The lowest BCUT2D eigenvalue weighted by Gasteiger charge is -2.37. The van der Waals surface area contributed by atoms with Crippen molar-refractivity contribution in [1.82, 2.24) is 4.90 Å². The molecule has 21 heavy (non-hydrogen) atoms. The SMILES string of the molecule is CC1CN(C(=O)C[C@@H]2CCC[C@H]2N)CC(c2ccsc2)O1. The van der Waals surface area contributed by atoms with Crippen LogP contribution in [0.1, 0.15) is 44.3 Å². The topological polar surface area (TPSA) is 55.6 Å². The molecule has 4 atom stereocenters. The lowest BCUT2D eigenvalue weighted by Crippen LogP contribution is -2.46. The molecule has 2 unspecified atom stereocenters. The Labute approximate surface area is 130 Å². The van der Waals surface area contributed by atoms with Crippen LogP contribution in [-0.2, 0) is 9.53 Å². The third kappa shape index (κ3) is 3.47. The van der Waals surface area contributed by atoms with Gasteiger partial charge in [0.25, 0.3) is 0 Å². The zero-order valence-corrected chi connectivity index (χ0v) is 13.3. The van der Waals surface area contributed by atoms with Gasteiger partial charge >= 0.3 is 0 Å². The summed E-state index contributed by atoms with van der Waals surface area (Å²) in [7, 11) is 0. The van der Waals surface area contributed by atoms with Crippen molar-refractivity contribution < 1.29 is 9.53 Å². The van der Waals surface area contributed by atoms with Crippen molar-refractivity contribution in [2.45, 2.75) is 50.9 Å². The number of nitrogens with two attached hydrogens (primary N) is 1. The minimum atomic E-state index is 0.0150. The fourth-order valence-electron chi connectivity index (χ4n) is 3.47. The molecule has 1 saturated carbocycles. The van der Waals surface area contributed by atoms with E-state index in [2.05, 4.69) is 16.8 Å². The monoisotopic (exact) mass is 308 g/mol. The van der Waals surface area contributed by atoms with Gasteiger partial charge in [-0.25, -0.2) is 0 Å². The summed E-state index contributed by atoms with van der Waals surface area (Å²) in [6.45, 7) is 3.41. The molecule has 2 heterocycles. The van der Waals surface area contributed by atoms with Crippen molar-refractivity contribution in [2.75, 3.05) is 13.1 Å². The first-order valence-corrected chi connectivity index (χ1v) is 8.78. The normalized spacial score (nSPS) is 33.3. The number of rotatable bonds is 3. The fraction of sp³-hybridized carbons (Fsp3) is 0.688. The Kier molecular flexibility index (Phi) is 4.62. The van der Waals surface area contributed by atoms with Crippen LogP contribution in [0, 0.1) is 5.92 Å². The van der Waals surface area contributed by atoms with Gasteiger partial charge in [-0.1, -0.05) is 6.42 Å². The van der Waals surface area contributed by atoms with Crippen molar-refractivity contribution in [1.29, 1.82) is 0 Å². The number of nitrogens with zero attached hydrogens (tertiary/aromatic N) is 1. The van der Waals surface area contributed by atoms with Crippen LogP contribution >= 0.6 is 11.3 Å². The smallest absolute Gasteiger partial charge is 0.223 e. The average Bonchev–Trinajstić information content (AvgIpc) is 3.11. The van der Waals surface area contributed by atoms with Crippen molar-refractivity contribution in [3.63, 3.8) is 0 Å². The molecule has 4 nitrogen and oxygen atoms in total. The Balaban J connectivity index is 1.62. The molecule has 1 aliphatic heterocycles. The molecule has 0 radical (unpaired) electrons. The standard InChI is InChI=1S/C16H24N2O2S/c1-11-8-18(9-15(20-11)13-5-6-21-10-13)16(19)7-12-3-2-4-14(12)17/h5-6,10-12,14-15H,2-4,7-9,17H2,1H3/t11?,12-,14+,15?/m0/s1. The molecule has 1 aromatic rings. The van der Waals surface area contributed by atoms with Gasteiger partial charge in [0, 0.05) is 19.0 Å². The predicted octanol–water partition coefficient (Wildman–Crippen LogP) is 2.55. The van der Waals surface area contributed by atoms with Crippen molar-refractivity contribution in [3.05, 3.63) is 22.4 Å². The predicted molar refractivity (Wildman–Crippen MR) is 84.1 cm³/mol. The van der Waals surface area contributed by atoms with Crippen LogP contribution < -0.4 is 5.73 Å². The van der Waals surface area contributed by atoms with E-state index >= 15 is 0 Å².